The Balaban J connectivity index is 2.00. The van der Waals surface area contributed by atoms with Gasteiger partial charge >= 0.3 is 0 Å². The van der Waals surface area contributed by atoms with Gasteiger partial charge in [-0.05, 0) is 56.9 Å². The topological polar surface area (TPSA) is 173 Å². The molecular formula is C30H41N3O7. The molecule has 7 N–H and O–H groups in total. The maximum Gasteiger partial charge on any atom is 0.255 e. The van der Waals surface area contributed by atoms with Crippen molar-refractivity contribution in [2.75, 3.05) is 20.6 Å². The van der Waals surface area contributed by atoms with Crippen molar-refractivity contribution in [2.24, 2.45) is 22.5 Å². The summed E-state index contributed by atoms with van der Waals surface area (Å²) in [6.45, 7) is 10.5. The van der Waals surface area contributed by atoms with Gasteiger partial charge in [0.25, 0.3) is 5.91 Å². The first-order chi connectivity index (χ1) is 18.5. The fourth-order valence-corrected chi connectivity index (χ4v) is 7.47. The highest BCUT2D eigenvalue weighted by Crippen LogP contribution is 2.63. The fourth-order valence-electron chi connectivity index (χ4n) is 7.47. The largest absolute Gasteiger partial charge is 0.508 e. The summed E-state index contributed by atoms with van der Waals surface area (Å²) in [4.78, 5) is 41.6. The maximum absolute atomic E-state index is 14.4. The Morgan fingerprint density at radius 3 is 2.33 bits per heavy atom. The lowest BCUT2D eigenvalue weighted by Gasteiger charge is -2.59. The second kappa shape index (κ2) is 9.71. The fraction of sp³-hybridized carbons (Fsp3) is 0.567. The molecule has 1 fully saturated rings. The average Bonchev–Trinajstić information content (AvgIpc) is 2.82. The monoisotopic (exact) mass is 555 g/mol. The third-order valence-electron chi connectivity index (χ3n) is 9.05. The summed E-state index contributed by atoms with van der Waals surface area (Å²) in [5, 5.41) is 49.6. The molecule has 0 radical (unpaired) electrons. The third kappa shape index (κ3) is 3.91. The Kier molecular flexibility index (Phi) is 7.23. The van der Waals surface area contributed by atoms with Crippen molar-refractivity contribution in [1.82, 2.24) is 10.2 Å². The number of aryl methyl sites for hydroxylation is 1. The van der Waals surface area contributed by atoms with E-state index in [1.165, 1.54) is 11.8 Å². The van der Waals surface area contributed by atoms with Crippen LogP contribution in [0.5, 0.6) is 5.75 Å². The van der Waals surface area contributed by atoms with Crippen LogP contribution in [0, 0.1) is 16.7 Å². The summed E-state index contributed by atoms with van der Waals surface area (Å²) >= 11 is 0. The minimum absolute atomic E-state index is 0.00731. The van der Waals surface area contributed by atoms with Gasteiger partial charge in [0.15, 0.2) is 11.4 Å². The molecule has 0 bridgehead atoms. The number of nitrogens with one attached hydrogen (secondary N) is 1. The number of fused-ring (bicyclic) bond motifs is 3. The quantitative estimate of drug-likeness (QED) is 0.275. The first-order valence-corrected chi connectivity index (χ1v) is 13.7. The first kappa shape index (κ1) is 29.8. The van der Waals surface area contributed by atoms with Gasteiger partial charge in [0.05, 0.1) is 11.6 Å². The second-order valence-corrected chi connectivity index (χ2v) is 12.7. The van der Waals surface area contributed by atoms with E-state index in [2.05, 4.69) is 19.2 Å². The molecule has 0 unspecified atom stereocenters. The van der Waals surface area contributed by atoms with Crippen LogP contribution in [-0.4, -0.2) is 75.1 Å². The van der Waals surface area contributed by atoms with Crippen LogP contribution in [-0.2, 0) is 33.8 Å². The first-order valence-electron chi connectivity index (χ1n) is 13.7. The Labute approximate surface area is 234 Å². The molecule has 40 heavy (non-hydrogen) atoms. The number of likely N-dealkylation sites (N-methyl/N-ethyl adjacent to an activating group) is 1. The zero-order chi connectivity index (χ0) is 30.1. The minimum atomic E-state index is -2.72. The molecule has 3 aliphatic carbocycles. The van der Waals surface area contributed by atoms with Gasteiger partial charge in [-0.1, -0.05) is 40.7 Å². The van der Waals surface area contributed by atoms with Crippen LogP contribution in [0.15, 0.2) is 23.0 Å². The number of Topliss-reactive ketones (excluding diaryl/α,β-unsaturated/α-hetero) is 2. The van der Waals surface area contributed by atoms with E-state index in [-0.39, 0.29) is 29.7 Å². The Bertz CT molecular complexity index is 1380. The summed E-state index contributed by atoms with van der Waals surface area (Å²) in [6.07, 6.45) is 0.863. The summed E-state index contributed by atoms with van der Waals surface area (Å²) in [5.41, 5.74) is 1.36. The van der Waals surface area contributed by atoms with Crippen LogP contribution < -0.4 is 11.1 Å². The number of nitrogens with two attached hydrogens (primary N) is 1. The third-order valence-corrected chi connectivity index (χ3v) is 9.05. The number of carbonyl (C=O) groups excluding carboxylic acids is 3. The summed E-state index contributed by atoms with van der Waals surface area (Å²) in [7, 11) is 3.17. The summed E-state index contributed by atoms with van der Waals surface area (Å²) < 4.78 is 0. The van der Waals surface area contributed by atoms with Gasteiger partial charge in [0.2, 0.25) is 5.78 Å². The molecule has 10 nitrogen and oxygen atoms in total. The predicted molar refractivity (Wildman–Crippen MR) is 149 cm³/mol. The Hall–Kier alpha value is -3.21. The van der Waals surface area contributed by atoms with E-state index in [1.807, 2.05) is 13.0 Å². The smallest absolute Gasteiger partial charge is 0.255 e. The number of nitrogens with zero attached hydrogens (tertiary/aromatic N) is 1. The van der Waals surface area contributed by atoms with Crippen LogP contribution in [0.3, 0.4) is 0 Å². The second-order valence-electron chi connectivity index (χ2n) is 12.7. The molecule has 4 rings (SSSR count). The van der Waals surface area contributed by atoms with Crippen molar-refractivity contribution in [3.05, 3.63) is 45.2 Å². The van der Waals surface area contributed by atoms with Crippen molar-refractivity contribution in [1.29, 1.82) is 0 Å². The molecule has 4 atom stereocenters. The number of benzene rings is 1. The highest BCUT2D eigenvalue weighted by Gasteiger charge is 2.72. The number of hydrogen-bond acceptors (Lipinski definition) is 9. The van der Waals surface area contributed by atoms with Crippen LogP contribution >= 0.6 is 0 Å². The zero-order valence-electron chi connectivity index (χ0n) is 24.3. The lowest BCUT2D eigenvalue weighted by atomic mass is 9.46. The van der Waals surface area contributed by atoms with Crippen molar-refractivity contribution in [2.45, 2.75) is 72.1 Å². The Morgan fingerprint density at radius 1 is 1.18 bits per heavy atom. The lowest BCUT2D eigenvalue weighted by molar-refractivity contribution is -0.176. The van der Waals surface area contributed by atoms with Crippen LogP contribution in [0.1, 0.15) is 63.3 Å². The van der Waals surface area contributed by atoms with Gasteiger partial charge in [0.1, 0.15) is 22.8 Å². The number of ketones is 2. The van der Waals surface area contributed by atoms with Crippen molar-refractivity contribution >= 4 is 23.2 Å². The molecule has 1 saturated carbocycles. The van der Waals surface area contributed by atoms with Crippen molar-refractivity contribution < 1.29 is 34.8 Å². The molecule has 0 aliphatic heterocycles. The number of carbonyl (C=O) groups is 3. The van der Waals surface area contributed by atoms with Gasteiger partial charge in [0, 0.05) is 28.5 Å². The molecule has 1 amide bonds. The molecule has 218 valence electrons. The number of amides is 1. The van der Waals surface area contributed by atoms with E-state index in [0.717, 1.165) is 5.56 Å². The van der Waals surface area contributed by atoms with Crippen LogP contribution in [0.2, 0.25) is 0 Å². The maximum atomic E-state index is 14.4. The molecule has 3 aliphatic rings. The number of phenolic OH excluding ortho intramolecular Hbond substituents is 1. The average molecular weight is 556 g/mol. The highest BCUT2D eigenvalue weighted by molar-refractivity contribution is 6.25. The Morgan fingerprint density at radius 2 is 1.80 bits per heavy atom. The predicted octanol–water partition coefficient (Wildman–Crippen LogP) is 2.05. The molecule has 0 saturated heterocycles. The highest BCUT2D eigenvalue weighted by atomic mass is 16.3. The van der Waals surface area contributed by atoms with E-state index in [1.54, 1.807) is 21.0 Å². The van der Waals surface area contributed by atoms with Crippen molar-refractivity contribution in [3.63, 3.8) is 0 Å². The number of phenols is 1. The lowest BCUT2D eigenvalue weighted by Crippen LogP contribution is -2.72. The molecule has 1 aromatic carbocycles. The van der Waals surface area contributed by atoms with E-state index in [4.69, 9.17) is 5.73 Å². The van der Waals surface area contributed by atoms with Gasteiger partial charge < -0.3 is 31.5 Å². The number of hydrogen-bond donors (Lipinski definition) is 6. The van der Waals surface area contributed by atoms with Crippen molar-refractivity contribution in [3.8, 4) is 5.75 Å². The summed E-state index contributed by atoms with van der Waals surface area (Å²) in [5.74, 6) is -4.42. The molecule has 10 heteroatoms. The van der Waals surface area contributed by atoms with E-state index in [9.17, 15) is 34.8 Å². The molecule has 0 aromatic heterocycles. The number of aliphatic hydroxyl groups excluding tert-OH is 2. The number of primary amides is 1. The minimum Gasteiger partial charge on any atom is -0.508 e. The molecule has 0 spiro atoms. The standard InChI is InChI=1S/C30H41N3O7/c1-8-15-9-16(12-32-11-14(2)3)21(34)18-17(15)10-28(4)13-29(5)24(33(6)7)23(36)19(27(31)39)25(37)30(29,40)26(38)20(28)22(18)35/h9,14,24,32,34-35,37,40H,8,10-13H2,1-7H3,(H2,31,39)/t24-,28+,29+,30-/m1/s1. The number of rotatable bonds is 7. The zero-order valence-corrected chi connectivity index (χ0v) is 24.3. The molecular weight excluding hydrogens is 514 g/mol. The van der Waals surface area contributed by atoms with Gasteiger partial charge in [-0.2, -0.15) is 0 Å². The molecule has 1 aromatic rings. The summed E-state index contributed by atoms with van der Waals surface area (Å²) in [6, 6.07) is 0.738. The van der Waals surface area contributed by atoms with Crippen LogP contribution in [0.25, 0.3) is 5.76 Å². The SMILES string of the molecule is CCc1cc(CNCC(C)C)c(O)c2c1C[C@@]1(C)C[C@@]3(C)[C@H](N(C)C)C(=O)C(C(N)=O)=C(O)[C@@]3(O)C(=O)C1=C2O. The normalized spacial score (nSPS) is 30.1. The van der Waals surface area contributed by atoms with Gasteiger partial charge in [-0.15, -0.1) is 0 Å². The van der Waals surface area contributed by atoms with E-state index >= 15 is 0 Å². The van der Waals surface area contributed by atoms with E-state index < -0.39 is 57.0 Å². The van der Waals surface area contributed by atoms with Crippen LogP contribution in [0.4, 0.5) is 0 Å². The number of aromatic hydroxyl groups is 1. The molecule has 0 heterocycles. The van der Waals surface area contributed by atoms with Gasteiger partial charge in [-0.25, -0.2) is 0 Å². The number of aliphatic hydroxyl groups is 3. The van der Waals surface area contributed by atoms with E-state index in [0.29, 0.717) is 36.6 Å². The van der Waals surface area contributed by atoms with Gasteiger partial charge in [-0.3, -0.25) is 19.3 Å².